The lowest BCUT2D eigenvalue weighted by molar-refractivity contribution is 0.402. The third-order valence-electron chi connectivity index (χ3n) is 2.38. The summed E-state index contributed by atoms with van der Waals surface area (Å²) in [6.07, 6.45) is 1.18. The highest BCUT2D eigenvalue weighted by Gasteiger charge is 2.09. The molecule has 2 heteroatoms. The summed E-state index contributed by atoms with van der Waals surface area (Å²) < 4.78 is 0. The summed E-state index contributed by atoms with van der Waals surface area (Å²) in [5, 5.41) is 3.37. The smallest absolute Gasteiger partial charge is 0.0373 e. The van der Waals surface area contributed by atoms with Crippen molar-refractivity contribution in [3.63, 3.8) is 0 Å². The van der Waals surface area contributed by atoms with Gasteiger partial charge in [-0.15, -0.1) is 0 Å². The summed E-state index contributed by atoms with van der Waals surface area (Å²) in [4.78, 5) is 2.20. The van der Waals surface area contributed by atoms with Crippen molar-refractivity contribution in [2.24, 2.45) is 0 Å². The number of benzene rings is 1. The lowest BCUT2D eigenvalue weighted by Gasteiger charge is -2.10. The van der Waals surface area contributed by atoms with Crippen LogP contribution in [0.25, 0.3) is 0 Å². The highest BCUT2D eigenvalue weighted by Crippen LogP contribution is 2.23. The summed E-state index contributed by atoms with van der Waals surface area (Å²) in [6, 6.07) is 6.72. The van der Waals surface area contributed by atoms with Crippen LogP contribution in [0.3, 0.4) is 0 Å². The highest BCUT2D eigenvalue weighted by atomic mass is 15.0. The maximum absolute atomic E-state index is 3.37. The van der Waals surface area contributed by atoms with Crippen molar-refractivity contribution in [2.75, 3.05) is 26.0 Å². The number of rotatable bonds is 2. The second-order valence-electron chi connectivity index (χ2n) is 3.91. The van der Waals surface area contributed by atoms with Crippen molar-refractivity contribution in [1.82, 2.24) is 4.90 Å². The second-order valence-corrected chi connectivity index (χ2v) is 3.91. The number of nitrogens with zero attached hydrogens (tertiary/aromatic N) is 1. The molecule has 0 fully saturated rings. The van der Waals surface area contributed by atoms with Gasteiger partial charge in [0, 0.05) is 18.8 Å². The van der Waals surface area contributed by atoms with Crippen LogP contribution in [0, 0.1) is 0 Å². The van der Waals surface area contributed by atoms with Crippen molar-refractivity contribution >= 4 is 5.69 Å². The first kappa shape index (κ1) is 8.57. The summed E-state index contributed by atoms with van der Waals surface area (Å²) in [5.74, 6) is 0. The van der Waals surface area contributed by atoms with Crippen molar-refractivity contribution in [2.45, 2.75) is 13.0 Å². The van der Waals surface area contributed by atoms with E-state index in [4.69, 9.17) is 0 Å². The van der Waals surface area contributed by atoms with Crippen molar-refractivity contribution in [1.29, 1.82) is 0 Å². The van der Waals surface area contributed by atoms with Crippen LogP contribution in [0.4, 0.5) is 5.69 Å². The third kappa shape index (κ3) is 1.83. The number of fused-ring (bicyclic) bond motifs is 1. The van der Waals surface area contributed by atoms with Crippen molar-refractivity contribution < 1.29 is 0 Å². The molecular formula is C11H16N2. The van der Waals surface area contributed by atoms with E-state index in [-0.39, 0.29) is 0 Å². The Bertz CT molecular complexity index is 305. The molecule has 0 aromatic heterocycles. The van der Waals surface area contributed by atoms with Crippen LogP contribution in [0.1, 0.15) is 11.1 Å². The third-order valence-corrected chi connectivity index (χ3v) is 2.38. The van der Waals surface area contributed by atoms with E-state index in [2.05, 4.69) is 42.5 Å². The Balaban J connectivity index is 2.21. The van der Waals surface area contributed by atoms with Gasteiger partial charge in [-0.05, 0) is 37.7 Å². The Morgan fingerprint density at radius 2 is 2.23 bits per heavy atom. The molecule has 0 atom stereocenters. The van der Waals surface area contributed by atoms with E-state index in [9.17, 15) is 0 Å². The van der Waals surface area contributed by atoms with E-state index < -0.39 is 0 Å². The van der Waals surface area contributed by atoms with Gasteiger partial charge in [0.15, 0.2) is 0 Å². The van der Waals surface area contributed by atoms with E-state index in [1.807, 2.05) is 0 Å². The molecule has 70 valence electrons. The Labute approximate surface area is 79.6 Å². The van der Waals surface area contributed by atoms with Crippen molar-refractivity contribution in [3.05, 3.63) is 29.3 Å². The predicted molar refractivity (Wildman–Crippen MR) is 56.0 cm³/mol. The zero-order valence-corrected chi connectivity index (χ0v) is 8.30. The van der Waals surface area contributed by atoms with Gasteiger partial charge in [-0.1, -0.05) is 12.1 Å². The van der Waals surface area contributed by atoms with Crippen LogP contribution in [0.5, 0.6) is 0 Å². The van der Waals surface area contributed by atoms with Gasteiger partial charge in [-0.3, -0.25) is 0 Å². The van der Waals surface area contributed by atoms with Crippen LogP contribution in [0.15, 0.2) is 18.2 Å². The minimum absolute atomic E-state index is 1.03. The fourth-order valence-electron chi connectivity index (χ4n) is 1.82. The van der Waals surface area contributed by atoms with E-state index in [1.165, 1.54) is 23.2 Å². The largest absolute Gasteiger partial charge is 0.384 e. The molecule has 1 aromatic carbocycles. The lowest BCUT2D eigenvalue weighted by Crippen LogP contribution is -2.10. The zero-order valence-electron chi connectivity index (χ0n) is 8.30. The summed E-state index contributed by atoms with van der Waals surface area (Å²) in [7, 11) is 4.21. The predicted octanol–water partition coefficient (Wildman–Crippen LogP) is 1.72. The standard InChI is InChI=1S/C11H16N2/c1-13(2)8-9-3-4-11-10(7-9)5-6-12-11/h3-4,7,12H,5-6,8H2,1-2H3. The van der Waals surface area contributed by atoms with Crippen LogP contribution in [-0.2, 0) is 13.0 Å². The van der Waals surface area contributed by atoms with Crippen LogP contribution in [0.2, 0.25) is 0 Å². The molecule has 0 amide bonds. The van der Waals surface area contributed by atoms with Crippen LogP contribution in [-0.4, -0.2) is 25.5 Å². The summed E-state index contributed by atoms with van der Waals surface area (Å²) >= 11 is 0. The maximum atomic E-state index is 3.37. The minimum Gasteiger partial charge on any atom is -0.384 e. The Morgan fingerprint density at radius 1 is 1.38 bits per heavy atom. The van der Waals surface area contributed by atoms with Gasteiger partial charge >= 0.3 is 0 Å². The molecule has 13 heavy (non-hydrogen) atoms. The van der Waals surface area contributed by atoms with Gasteiger partial charge in [0.1, 0.15) is 0 Å². The van der Waals surface area contributed by atoms with E-state index in [0.29, 0.717) is 0 Å². The SMILES string of the molecule is CN(C)Cc1ccc2c(c1)CCN2. The Hall–Kier alpha value is -1.02. The molecule has 1 aliphatic rings. The van der Waals surface area contributed by atoms with Gasteiger partial charge < -0.3 is 10.2 Å². The van der Waals surface area contributed by atoms with E-state index >= 15 is 0 Å². The second kappa shape index (κ2) is 3.38. The monoisotopic (exact) mass is 176 g/mol. The van der Waals surface area contributed by atoms with Gasteiger partial charge in [0.05, 0.1) is 0 Å². The molecule has 1 aliphatic heterocycles. The molecule has 0 unspecified atom stereocenters. The van der Waals surface area contributed by atoms with E-state index in [1.54, 1.807) is 0 Å². The molecule has 2 nitrogen and oxygen atoms in total. The molecule has 0 radical (unpaired) electrons. The molecule has 1 aromatic rings. The highest BCUT2D eigenvalue weighted by molar-refractivity contribution is 5.56. The molecular weight excluding hydrogens is 160 g/mol. The molecule has 0 spiro atoms. The van der Waals surface area contributed by atoms with Crippen LogP contribution >= 0.6 is 0 Å². The van der Waals surface area contributed by atoms with Gasteiger partial charge in [-0.25, -0.2) is 0 Å². The average molecular weight is 176 g/mol. The fourth-order valence-corrected chi connectivity index (χ4v) is 1.82. The van der Waals surface area contributed by atoms with E-state index in [0.717, 1.165) is 13.1 Å². The minimum atomic E-state index is 1.03. The molecule has 0 aliphatic carbocycles. The molecule has 0 bridgehead atoms. The summed E-state index contributed by atoms with van der Waals surface area (Å²) in [5.41, 5.74) is 4.20. The topological polar surface area (TPSA) is 15.3 Å². The van der Waals surface area contributed by atoms with Gasteiger partial charge in [0.2, 0.25) is 0 Å². The molecule has 0 saturated carbocycles. The van der Waals surface area contributed by atoms with Gasteiger partial charge in [0.25, 0.3) is 0 Å². The lowest BCUT2D eigenvalue weighted by atomic mass is 10.1. The first-order chi connectivity index (χ1) is 6.25. The Morgan fingerprint density at radius 3 is 3.00 bits per heavy atom. The number of hydrogen-bond acceptors (Lipinski definition) is 2. The molecule has 0 saturated heterocycles. The first-order valence-corrected chi connectivity index (χ1v) is 4.76. The maximum Gasteiger partial charge on any atom is 0.0373 e. The fraction of sp³-hybridized carbons (Fsp3) is 0.455. The Kier molecular flexibility index (Phi) is 2.23. The zero-order chi connectivity index (χ0) is 9.26. The molecule has 1 N–H and O–H groups in total. The number of anilines is 1. The normalized spacial score (nSPS) is 14.4. The molecule has 1 heterocycles. The van der Waals surface area contributed by atoms with Crippen LogP contribution < -0.4 is 5.32 Å². The number of nitrogens with one attached hydrogen (secondary N) is 1. The molecule has 2 rings (SSSR count). The van der Waals surface area contributed by atoms with Crippen molar-refractivity contribution in [3.8, 4) is 0 Å². The first-order valence-electron chi connectivity index (χ1n) is 4.76. The quantitative estimate of drug-likeness (QED) is 0.738. The van der Waals surface area contributed by atoms with Gasteiger partial charge in [-0.2, -0.15) is 0 Å². The number of hydrogen-bond donors (Lipinski definition) is 1. The average Bonchev–Trinajstić information content (AvgIpc) is 2.49. The summed E-state index contributed by atoms with van der Waals surface area (Å²) in [6.45, 7) is 2.13.